The number of aromatic nitrogens is 2. The first kappa shape index (κ1) is 20.3. The molecule has 2 aromatic carbocycles. The molecule has 1 aliphatic rings. The number of H-pyrrole nitrogens is 1. The molecular formula is C23H23ClN4O2. The Labute approximate surface area is 179 Å². The van der Waals surface area contributed by atoms with E-state index in [-0.39, 0.29) is 5.56 Å². The molecule has 0 unspecified atom stereocenters. The van der Waals surface area contributed by atoms with Gasteiger partial charge in [-0.25, -0.2) is 4.98 Å². The highest BCUT2D eigenvalue weighted by Crippen LogP contribution is 2.18. The Hall–Kier alpha value is -2.96. The molecule has 0 aliphatic carbocycles. The summed E-state index contributed by atoms with van der Waals surface area (Å²) in [6, 6.07) is 14.7. The number of aromatic amines is 1. The first-order valence-electron chi connectivity index (χ1n) is 10.1. The van der Waals surface area contributed by atoms with Crippen LogP contribution in [0.3, 0.4) is 0 Å². The van der Waals surface area contributed by atoms with Gasteiger partial charge in [-0.05, 0) is 67.9 Å². The molecule has 1 fully saturated rings. The van der Waals surface area contributed by atoms with Gasteiger partial charge in [0.2, 0.25) is 0 Å². The largest absolute Gasteiger partial charge is 0.322 e. The smallest absolute Gasteiger partial charge is 0.264 e. The van der Waals surface area contributed by atoms with Crippen LogP contribution in [-0.4, -0.2) is 33.9 Å². The maximum atomic E-state index is 12.5. The van der Waals surface area contributed by atoms with E-state index in [9.17, 15) is 9.59 Å². The third kappa shape index (κ3) is 4.96. The lowest BCUT2D eigenvalue weighted by atomic mass is 10.1. The van der Waals surface area contributed by atoms with Crippen LogP contribution in [0.1, 0.15) is 35.2 Å². The van der Waals surface area contributed by atoms with Crippen LogP contribution in [0.15, 0.2) is 59.5 Å². The van der Waals surface area contributed by atoms with Crippen LogP contribution in [0.4, 0.5) is 5.69 Å². The van der Waals surface area contributed by atoms with Crippen molar-refractivity contribution in [2.45, 2.75) is 25.8 Å². The summed E-state index contributed by atoms with van der Waals surface area (Å²) in [6.45, 7) is 3.20. The van der Waals surface area contributed by atoms with E-state index in [0.29, 0.717) is 22.1 Å². The maximum Gasteiger partial charge on any atom is 0.264 e. The van der Waals surface area contributed by atoms with Crippen molar-refractivity contribution in [2.24, 2.45) is 0 Å². The normalized spacial score (nSPS) is 14.4. The maximum absolute atomic E-state index is 12.5. The summed E-state index contributed by atoms with van der Waals surface area (Å²) in [4.78, 5) is 34.3. The van der Waals surface area contributed by atoms with Crippen LogP contribution in [0.2, 0.25) is 5.02 Å². The van der Waals surface area contributed by atoms with Crippen molar-refractivity contribution in [1.82, 2.24) is 14.9 Å². The fourth-order valence-corrected chi connectivity index (χ4v) is 3.70. The van der Waals surface area contributed by atoms with Gasteiger partial charge >= 0.3 is 0 Å². The predicted octanol–water partition coefficient (Wildman–Crippen LogP) is 4.33. The van der Waals surface area contributed by atoms with Gasteiger partial charge in [-0.3, -0.25) is 14.5 Å². The number of carbonyl (C=O) groups is 1. The minimum atomic E-state index is -0.492. The van der Waals surface area contributed by atoms with E-state index < -0.39 is 11.5 Å². The second kappa shape index (κ2) is 9.24. The van der Waals surface area contributed by atoms with Gasteiger partial charge in [-0.1, -0.05) is 30.2 Å². The van der Waals surface area contributed by atoms with Crippen molar-refractivity contribution in [2.75, 3.05) is 18.4 Å². The standard InChI is InChI=1S/C23H23ClN4O2/c24-18-8-6-17(7-9-18)21-25-14-20(23(30)27-21)22(29)26-19-10-4-16(5-11-19)15-28-12-2-1-3-13-28/h4-11,14H,1-3,12-13,15H2,(H,26,29)(H,25,27,30). The van der Waals surface area contributed by atoms with Crippen LogP contribution >= 0.6 is 11.6 Å². The molecule has 2 N–H and O–H groups in total. The summed E-state index contributed by atoms with van der Waals surface area (Å²) in [5, 5.41) is 3.36. The molecule has 2 heterocycles. The van der Waals surface area contributed by atoms with E-state index in [4.69, 9.17) is 11.6 Å². The topological polar surface area (TPSA) is 78.1 Å². The number of likely N-dealkylation sites (tertiary alicyclic amines) is 1. The molecule has 0 saturated carbocycles. The van der Waals surface area contributed by atoms with Gasteiger partial charge in [0.05, 0.1) is 0 Å². The minimum Gasteiger partial charge on any atom is -0.322 e. The number of nitrogens with zero attached hydrogens (tertiary/aromatic N) is 2. The summed E-state index contributed by atoms with van der Waals surface area (Å²) in [6.07, 6.45) is 5.13. The second-order valence-corrected chi connectivity index (χ2v) is 7.91. The number of rotatable bonds is 5. The zero-order valence-electron chi connectivity index (χ0n) is 16.5. The van der Waals surface area contributed by atoms with E-state index >= 15 is 0 Å². The van der Waals surface area contributed by atoms with Crippen LogP contribution in [0, 0.1) is 0 Å². The second-order valence-electron chi connectivity index (χ2n) is 7.47. The van der Waals surface area contributed by atoms with Gasteiger partial charge in [-0.2, -0.15) is 0 Å². The van der Waals surface area contributed by atoms with E-state index in [0.717, 1.165) is 19.6 Å². The van der Waals surface area contributed by atoms with Gasteiger partial charge in [0.15, 0.2) is 0 Å². The molecule has 1 saturated heterocycles. The Morgan fingerprint density at radius 1 is 1.03 bits per heavy atom. The molecule has 0 spiro atoms. The van der Waals surface area contributed by atoms with Crippen molar-refractivity contribution in [3.05, 3.63) is 81.2 Å². The van der Waals surface area contributed by atoms with E-state index in [2.05, 4.69) is 20.2 Å². The highest BCUT2D eigenvalue weighted by molar-refractivity contribution is 6.30. The lowest BCUT2D eigenvalue weighted by Gasteiger charge is -2.26. The average molecular weight is 423 g/mol. The van der Waals surface area contributed by atoms with E-state index in [1.165, 1.54) is 31.0 Å². The molecule has 4 rings (SSSR count). The molecule has 1 aliphatic heterocycles. The lowest BCUT2D eigenvalue weighted by Crippen LogP contribution is -2.29. The zero-order chi connectivity index (χ0) is 20.9. The number of hydrogen-bond acceptors (Lipinski definition) is 4. The summed E-state index contributed by atoms with van der Waals surface area (Å²) < 4.78 is 0. The van der Waals surface area contributed by atoms with Gasteiger partial charge in [0.25, 0.3) is 11.5 Å². The van der Waals surface area contributed by atoms with Crippen LogP contribution in [0.5, 0.6) is 0 Å². The summed E-state index contributed by atoms with van der Waals surface area (Å²) in [5.41, 5.74) is 2.04. The fraction of sp³-hybridized carbons (Fsp3) is 0.261. The molecule has 6 nitrogen and oxygen atoms in total. The first-order valence-corrected chi connectivity index (χ1v) is 10.4. The highest BCUT2D eigenvalue weighted by atomic mass is 35.5. The molecule has 1 aromatic heterocycles. The van der Waals surface area contributed by atoms with Crippen molar-refractivity contribution in [1.29, 1.82) is 0 Å². The monoisotopic (exact) mass is 422 g/mol. The first-order chi connectivity index (χ1) is 14.6. The Morgan fingerprint density at radius 3 is 2.40 bits per heavy atom. The summed E-state index contributed by atoms with van der Waals surface area (Å²) >= 11 is 5.89. The van der Waals surface area contributed by atoms with E-state index in [1.54, 1.807) is 24.3 Å². The molecular weight excluding hydrogens is 400 g/mol. The molecule has 7 heteroatoms. The summed E-state index contributed by atoms with van der Waals surface area (Å²) in [7, 11) is 0. The number of carbonyl (C=O) groups excluding carboxylic acids is 1. The van der Waals surface area contributed by atoms with Crippen LogP contribution < -0.4 is 10.9 Å². The molecule has 30 heavy (non-hydrogen) atoms. The number of halogens is 1. The third-order valence-corrected chi connectivity index (χ3v) is 5.48. The van der Waals surface area contributed by atoms with Gasteiger partial charge in [0, 0.05) is 29.0 Å². The Kier molecular flexibility index (Phi) is 6.26. The number of amides is 1. The average Bonchev–Trinajstić information content (AvgIpc) is 2.76. The minimum absolute atomic E-state index is 0.0369. The number of piperidine rings is 1. The van der Waals surface area contributed by atoms with E-state index in [1.807, 2.05) is 24.3 Å². The molecule has 0 bridgehead atoms. The zero-order valence-corrected chi connectivity index (χ0v) is 17.3. The fourth-order valence-electron chi connectivity index (χ4n) is 3.58. The van der Waals surface area contributed by atoms with Gasteiger partial charge < -0.3 is 10.3 Å². The van der Waals surface area contributed by atoms with Crippen molar-refractivity contribution in [3.8, 4) is 11.4 Å². The Balaban J connectivity index is 1.42. The SMILES string of the molecule is O=C(Nc1ccc(CN2CCCCC2)cc1)c1cnc(-c2ccc(Cl)cc2)[nH]c1=O. The molecule has 154 valence electrons. The van der Waals surface area contributed by atoms with Crippen LogP contribution in [-0.2, 0) is 6.54 Å². The third-order valence-electron chi connectivity index (χ3n) is 5.23. The van der Waals surface area contributed by atoms with Crippen molar-refractivity contribution >= 4 is 23.2 Å². The Morgan fingerprint density at radius 2 is 1.73 bits per heavy atom. The van der Waals surface area contributed by atoms with Crippen LogP contribution in [0.25, 0.3) is 11.4 Å². The number of hydrogen-bond donors (Lipinski definition) is 2. The predicted molar refractivity (Wildman–Crippen MR) is 119 cm³/mol. The van der Waals surface area contributed by atoms with Gasteiger partial charge in [0.1, 0.15) is 11.4 Å². The number of nitrogens with one attached hydrogen (secondary N) is 2. The lowest BCUT2D eigenvalue weighted by molar-refractivity contribution is 0.102. The highest BCUT2D eigenvalue weighted by Gasteiger charge is 2.14. The molecule has 3 aromatic rings. The van der Waals surface area contributed by atoms with Crippen molar-refractivity contribution in [3.63, 3.8) is 0 Å². The summed E-state index contributed by atoms with van der Waals surface area (Å²) in [5.74, 6) is -0.106. The molecule has 1 amide bonds. The molecule has 0 radical (unpaired) electrons. The Bertz CT molecular complexity index is 1070. The number of anilines is 1. The van der Waals surface area contributed by atoms with Gasteiger partial charge in [-0.15, -0.1) is 0 Å². The number of benzene rings is 2. The quantitative estimate of drug-likeness (QED) is 0.641. The molecule has 0 atom stereocenters. The van der Waals surface area contributed by atoms with Crippen molar-refractivity contribution < 1.29 is 4.79 Å².